The van der Waals surface area contributed by atoms with E-state index in [0.29, 0.717) is 17.5 Å². The molecule has 1 aromatic heterocycles. The van der Waals surface area contributed by atoms with Crippen molar-refractivity contribution >= 4 is 11.6 Å². The number of hydrogen-bond donors (Lipinski definition) is 1. The average molecular weight is 561 g/mol. The molecule has 0 aliphatic carbocycles. The first-order valence-electron chi connectivity index (χ1n) is 13.8. The van der Waals surface area contributed by atoms with Gasteiger partial charge in [-0.05, 0) is 75.4 Å². The number of H-pyrrole nitrogens is 1. The second-order valence-electron chi connectivity index (χ2n) is 10.1. The molecule has 1 saturated heterocycles. The molecule has 0 amide bonds. The number of imidazole rings is 1. The van der Waals surface area contributed by atoms with Crippen molar-refractivity contribution in [3.63, 3.8) is 0 Å². The van der Waals surface area contributed by atoms with Gasteiger partial charge in [0.15, 0.2) is 0 Å². The summed E-state index contributed by atoms with van der Waals surface area (Å²) in [4.78, 5) is 13.4. The molecule has 5 rings (SSSR count). The molecule has 1 aliphatic heterocycles. The molecule has 0 radical (unpaired) electrons. The first-order valence-corrected chi connectivity index (χ1v) is 14.1. The number of aromatic amines is 1. The lowest BCUT2D eigenvalue weighted by Gasteiger charge is -2.20. The number of aromatic nitrogens is 2. The van der Waals surface area contributed by atoms with E-state index in [0.717, 1.165) is 77.9 Å². The van der Waals surface area contributed by atoms with Crippen LogP contribution in [0.25, 0.3) is 33.9 Å². The van der Waals surface area contributed by atoms with E-state index in [1.807, 2.05) is 66.7 Å². The van der Waals surface area contributed by atoms with Crippen molar-refractivity contribution in [1.82, 2.24) is 19.8 Å². The second-order valence-corrected chi connectivity index (χ2v) is 10.5. The molecule has 40 heavy (non-hydrogen) atoms. The lowest BCUT2D eigenvalue weighted by Crippen LogP contribution is -2.30. The molecule has 0 saturated carbocycles. The van der Waals surface area contributed by atoms with Crippen molar-refractivity contribution in [2.45, 2.75) is 12.8 Å². The summed E-state index contributed by atoms with van der Waals surface area (Å²) < 4.78 is 17.0. The molecule has 8 heteroatoms. The van der Waals surface area contributed by atoms with Crippen LogP contribution < -0.4 is 14.2 Å². The van der Waals surface area contributed by atoms with Crippen molar-refractivity contribution in [2.75, 3.05) is 60.6 Å². The fourth-order valence-corrected chi connectivity index (χ4v) is 5.31. The van der Waals surface area contributed by atoms with Crippen molar-refractivity contribution in [2.24, 2.45) is 0 Å². The molecule has 0 spiro atoms. The highest BCUT2D eigenvalue weighted by molar-refractivity contribution is 6.33. The maximum Gasteiger partial charge on any atom is 0.140 e. The summed E-state index contributed by atoms with van der Waals surface area (Å²) in [6, 6.07) is 21.6. The predicted octanol–water partition coefficient (Wildman–Crippen LogP) is 6.49. The molecule has 210 valence electrons. The Labute approximate surface area is 241 Å². The molecule has 3 aromatic carbocycles. The number of ether oxygens (including phenoxy) is 3. The Kier molecular flexibility index (Phi) is 9.26. The molecule has 7 nitrogen and oxygen atoms in total. The number of likely N-dealkylation sites (N-methyl/N-ethyl adjacent to an activating group) is 1. The molecule has 2 heterocycles. The lowest BCUT2D eigenvalue weighted by molar-refractivity contribution is 0.237. The Morgan fingerprint density at radius 3 is 2.35 bits per heavy atom. The highest BCUT2D eigenvalue weighted by Gasteiger charge is 2.18. The zero-order valence-corrected chi connectivity index (χ0v) is 24.2. The topological polar surface area (TPSA) is 62.9 Å². The van der Waals surface area contributed by atoms with Gasteiger partial charge in [0.2, 0.25) is 0 Å². The Morgan fingerprint density at radius 2 is 1.60 bits per heavy atom. The van der Waals surface area contributed by atoms with Crippen LogP contribution >= 0.6 is 11.6 Å². The van der Waals surface area contributed by atoms with Gasteiger partial charge in [0.25, 0.3) is 0 Å². The van der Waals surface area contributed by atoms with Gasteiger partial charge in [0.05, 0.1) is 37.2 Å². The molecule has 1 N–H and O–H groups in total. The molecular weight excluding hydrogens is 524 g/mol. The zero-order valence-electron chi connectivity index (χ0n) is 23.5. The monoisotopic (exact) mass is 560 g/mol. The van der Waals surface area contributed by atoms with Crippen molar-refractivity contribution in [1.29, 1.82) is 0 Å². The van der Waals surface area contributed by atoms with Gasteiger partial charge in [-0.3, -0.25) is 0 Å². The van der Waals surface area contributed by atoms with E-state index in [2.05, 4.69) is 21.8 Å². The number of nitrogens with zero attached hydrogens (tertiary/aromatic N) is 3. The number of benzene rings is 3. The van der Waals surface area contributed by atoms with Crippen LogP contribution in [-0.4, -0.2) is 80.4 Å². The second kappa shape index (κ2) is 13.2. The van der Waals surface area contributed by atoms with Gasteiger partial charge in [-0.25, -0.2) is 4.98 Å². The molecule has 1 aliphatic rings. The highest BCUT2D eigenvalue weighted by atomic mass is 35.5. The van der Waals surface area contributed by atoms with E-state index in [1.165, 1.54) is 13.0 Å². The fourth-order valence-electron chi connectivity index (χ4n) is 5.05. The molecule has 4 aromatic rings. The Morgan fingerprint density at radius 1 is 0.850 bits per heavy atom. The maximum absolute atomic E-state index is 6.79. The van der Waals surface area contributed by atoms with Gasteiger partial charge in [0, 0.05) is 36.3 Å². The van der Waals surface area contributed by atoms with Gasteiger partial charge in [-0.1, -0.05) is 35.9 Å². The van der Waals surface area contributed by atoms with Gasteiger partial charge in [-0.2, -0.15) is 0 Å². The minimum Gasteiger partial charge on any atom is -0.497 e. The summed E-state index contributed by atoms with van der Waals surface area (Å²) in [5.74, 6) is 2.98. The van der Waals surface area contributed by atoms with Crippen LogP contribution in [0.4, 0.5) is 0 Å². The summed E-state index contributed by atoms with van der Waals surface area (Å²) in [6.07, 6.45) is 2.20. The molecular formula is C32H37ClN4O3. The van der Waals surface area contributed by atoms with Gasteiger partial charge >= 0.3 is 0 Å². The molecule has 0 unspecified atom stereocenters. The van der Waals surface area contributed by atoms with Gasteiger partial charge in [-0.15, -0.1) is 0 Å². The van der Waals surface area contributed by atoms with E-state index in [-0.39, 0.29) is 0 Å². The van der Waals surface area contributed by atoms with E-state index in [1.54, 1.807) is 14.2 Å². The standard InChI is InChI=1S/C32H37ClN4O3/c1-36-14-6-15-37(18-17-36)16-7-19-40-27-12-13-28(29(33)22-27)32-34-30(23-8-4-10-25(20-23)38-2)31(35-32)24-9-5-11-26(21-24)39-3/h4-5,8-13,20-22H,6-7,14-19H2,1-3H3,(H,34,35). The highest BCUT2D eigenvalue weighted by Crippen LogP contribution is 2.37. The van der Waals surface area contributed by atoms with Crippen LogP contribution in [0.2, 0.25) is 5.02 Å². The fraction of sp³-hybridized carbons (Fsp3) is 0.344. The van der Waals surface area contributed by atoms with Crippen LogP contribution in [0.3, 0.4) is 0 Å². The normalized spacial score (nSPS) is 14.6. The third-order valence-electron chi connectivity index (χ3n) is 7.30. The summed E-state index contributed by atoms with van der Waals surface area (Å²) in [5, 5.41) is 0.580. The third kappa shape index (κ3) is 6.78. The SMILES string of the molecule is COc1cccc(-c2nc(-c3ccc(OCCCN4CCCN(C)CC4)cc3Cl)[nH]c2-c2cccc(OC)c2)c1. The van der Waals surface area contributed by atoms with Crippen LogP contribution in [0, 0.1) is 0 Å². The van der Waals surface area contributed by atoms with E-state index < -0.39 is 0 Å². The van der Waals surface area contributed by atoms with E-state index in [4.69, 9.17) is 30.8 Å². The number of halogens is 1. The van der Waals surface area contributed by atoms with Crippen LogP contribution in [0.15, 0.2) is 66.7 Å². The van der Waals surface area contributed by atoms with E-state index >= 15 is 0 Å². The Hall–Kier alpha value is -3.52. The minimum atomic E-state index is 0.580. The third-order valence-corrected chi connectivity index (χ3v) is 7.61. The summed E-state index contributed by atoms with van der Waals surface area (Å²) in [7, 11) is 5.52. The van der Waals surface area contributed by atoms with Gasteiger partial charge in [0.1, 0.15) is 23.1 Å². The Balaban J connectivity index is 1.35. The predicted molar refractivity (Wildman–Crippen MR) is 162 cm³/mol. The summed E-state index contributed by atoms with van der Waals surface area (Å²) in [6.45, 7) is 6.29. The van der Waals surface area contributed by atoms with Crippen LogP contribution in [0.5, 0.6) is 17.2 Å². The van der Waals surface area contributed by atoms with Crippen molar-refractivity contribution in [3.05, 3.63) is 71.8 Å². The van der Waals surface area contributed by atoms with Crippen LogP contribution in [0.1, 0.15) is 12.8 Å². The quantitative estimate of drug-likeness (QED) is 0.224. The number of methoxy groups -OCH3 is 2. The first-order chi connectivity index (χ1) is 19.5. The molecule has 1 fully saturated rings. The molecule has 0 atom stereocenters. The smallest absolute Gasteiger partial charge is 0.140 e. The van der Waals surface area contributed by atoms with Crippen LogP contribution in [-0.2, 0) is 0 Å². The molecule has 0 bridgehead atoms. The minimum absolute atomic E-state index is 0.580. The van der Waals surface area contributed by atoms with Crippen molar-refractivity contribution in [3.8, 4) is 51.2 Å². The Bertz CT molecular complexity index is 1360. The first kappa shape index (κ1) is 28.0. The van der Waals surface area contributed by atoms with Gasteiger partial charge < -0.3 is 29.0 Å². The lowest BCUT2D eigenvalue weighted by atomic mass is 10.0. The maximum atomic E-state index is 6.79. The summed E-state index contributed by atoms with van der Waals surface area (Å²) in [5.41, 5.74) is 4.38. The summed E-state index contributed by atoms with van der Waals surface area (Å²) >= 11 is 6.79. The van der Waals surface area contributed by atoms with Crippen molar-refractivity contribution < 1.29 is 14.2 Å². The zero-order chi connectivity index (χ0) is 27.9. The average Bonchev–Trinajstić information content (AvgIpc) is 3.32. The number of rotatable bonds is 10. The number of nitrogens with one attached hydrogen (secondary N) is 1. The number of hydrogen-bond acceptors (Lipinski definition) is 6. The largest absolute Gasteiger partial charge is 0.497 e. The van der Waals surface area contributed by atoms with E-state index in [9.17, 15) is 0 Å².